The van der Waals surface area contributed by atoms with E-state index in [9.17, 15) is 8.42 Å². The van der Waals surface area contributed by atoms with Gasteiger partial charge in [-0.1, -0.05) is 35.9 Å². The Morgan fingerprint density at radius 1 is 1.10 bits per heavy atom. The average Bonchev–Trinajstić information content (AvgIpc) is 3.16. The fourth-order valence-electron chi connectivity index (χ4n) is 3.41. The van der Waals surface area contributed by atoms with Crippen molar-refractivity contribution in [2.45, 2.75) is 18.2 Å². The molecule has 2 aromatic carbocycles. The summed E-state index contributed by atoms with van der Waals surface area (Å²) in [6.07, 6.45) is 3.91. The summed E-state index contributed by atoms with van der Waals surface area (Å²) < 4.78 is 25.5. The number of hydrogen-bond donors (Lipinski definition) is 1. The monoisotopic (exact) mass is 401 g/mol. The molecule has 6 heteroatoms. The summed E-state index contributed by atoms with van der Waals surface area (Å²) in [5.74, 6) is 0.0133. The first-order valence-corrected chi connectivity index (χ1v) is 10.9. The van der Waals surface area contributed by atoms with Gasteiger partial charge >= 0.3 is 0 Å². The van der Waals surface area contributed by atoms with Gasteiger partial charge in [-0.25, -0.2) is 18.2 Å². The maximum absolute atomic E-state index is 12.8. The van der Waals surface area contributed by atoms with Crippen LogP contribution in [0.5, 0.6) is 0 Å². The number of sulfone groups is 1. The van der Waals surface area contributed by atoms with Gasteiger partial charge in [-0.15, -0.1) is 0 Å². The van der Waals surface area contributed by atoms with E-state index in [1.807, 2.05) is 49.5 Å². The second-order valence-corrected chi connectivity index (χ2v) is 9.05. The van der Waals surface area contributed by atoms with Crippen LogP contribution in [-0.4, -0.2) is 24.1 Å². The summed E-state index contributed by atoms with van der Waals surface area (Å²) in [6.45, 7) is 9.18. The molecule has 5 nitrogen and oxygen atoms in total. The molecule has 0 spiro atoms. The molecule has 1 N–H and O–H groups in total. The highest BCUT2D eigenvalue weighted by molar-refractivity contribution is 7.91. The molecule has 144 valence electrons. The molecule has 0 unspecified atom stereocenters. The zero-order valence-corrected chi connectivity index (χ0v) is 16.7. The Morgan fingerprint density at radius 3 is 2.66 bits per heavy atom. The van der Waals surface area contributed by atoms with E-state index in [2.05, 4.69) is 14.8 Å². The standard InChI is InChI=1S/C23H19N3O2S/c1-16-6-8-20(9-7-16)29(27,28)13-11-18-15-26-23-22(18)21(10-12-25-23)17-4-3-5-19(14-17)24-2/h3-10,12,14-15H,11,13H2,1H3,(H,25,26). The van der Waals surface area contributed by atoms with Crippen LogP contribution in [0.3, 0.4) is 0 Å². The molecular weight excluding hydrogens is 382 g/mol. The molecular formula is C23H19N3O2S. The zero-order valence-electron chi connectivity index (χ0n) is 15.9. The van der Waals surface area contributed by atoms with Crippen LogP contribution < -0.4 is 0 Å². The highest BCUT2D eigenvalue weighted by Crippen LogP contribution is 2.32. The number of pyridine rings is 1. The Balaban J connectivity index is 1.70. The lowest BCUT2D eigenvalue weighted by atomic mass is 10.00. The molecule has 0 aliphatic carbocycles. The molecule has 0 fully saturated rings. The normalized spacial score (nSPS) is 11.4. The maximum atomic E-state index is 12.8. The van der Waals surface area contributed by atoms with E-state index in [1.165, 1.54) is 0 Å². The Hall–Kier alpha value is -3.43. The lowest BCUT2D eigenvalue weighted by Crippen LogP contribution is -2.09. The van der Waals surface area contributed by atoms with Crippen molar-refractivity contribution in [3.8, 4) is 11.1 Å². The van der Waals surface area contributed by atoms with Gasteiger partial charge in [0, 0.05) is 17.8 Å². The number of H-pyrrole nitrogens is 1. The van der Waals surface area contributed by atoms with Crippen LogP contribution in [0, 0.1) is 13.5 Å². The lowest BCUT2D eigenvalue weighted by molar-refractivity contribution is 0.595. The van der Waals surface area contributed by atoms with Crippen molar-refractivity contribution in [2.75, 3.05) is 5.75 Å². The van der Waals surface area contributed by atoms with Crippen molar-refractivity contribution in [2.24, 2.45) is 0 Å². The molecule has 4 aromatic rings. The van der Waals surface area contributed by atoms with Gasteiger partial charge in [-0.2, -0.15) is 0 Å². The molecule has 0 radical (unpaired) electrons. The summed E-state index contributed by atoms with van der Waals surface area (Å²) in [5.41, 5.74) is 5.03. The number of aryl methyl sites for hydroxylation is 2. The predicted molar refractivity (Wildman–Crippen MR) is 115 cm³/mol. The van der Waals surface area contributed by atoms with Gasteiger partial charge < -0.3 is 4.98 Å². The number of aromatic nitrogens is 2. The third-order valence-electron chi connectivity index (χ3n) is 4.96. The molecule has 0 saturated carbocycles. The number of rotatable bonds is 5. The molecule has 0 atom stereocenters. The second kappa shape index (κ2) is 7.53. The molecule has 0 bridgehead atoms. The largest absolute Gasteiger partial charge is 0.346 e. The van der Waals surface area contributed by atoms with E-state index in [0.29, 0.717) is 22.7 Å². The third-order valence-corrected chi connectivity index (χ3v) is 6.69. The van der Waals surface area contributed by atoms with Crippen molar-refractivity contribution in [1.29, 1.82) is 0 Å². The first-order valence-electron chi connectivity index (χ1n) is 9.20. The zero-order chi connectivity index (χ0) is 20.4. The number of nitrogens with zero attached hydrogens (tertiary/aromatic N) is 2. The van der Waals surface area contributed by atoms with Crippen molar-refractivity contribution in [1.82, 2.24) is 9.97 Å². The van der Waals surface area contributed by atoms with E-state index >= 15 is 0 Å². The van der Waals surface area contributed by atoms with Crippen molar-refractivity contribution in [3.05, 3.63) is 89.5 Å². The smallest absolute Gasteiger partial charge is 0.187 e. The van der Waals surface area contributed by atoms with Crippen LogP contribution in [0.4, 0.5) is 5.69 Å². The lowest BCUT2D eigenvalue weighted by Gasteiger charge is -2.08. The molecule has 4 rings (SSSR count). The Kier molecular flexibility index (Phi) is 4.91. The molecule has 0 aliphatic heterocycles. The second-order valence-electron chi connectivity index (χ2n) is 6.94. The van der Waals surface area contributed by atoms with Gasteiger partial charge in [0.15, 0.2) is 15.5 Å². The van der Waals surface area contributed by atoms with Crippen LogP contribution in [-0.2, 0) is 16.3 Å². The fraction of sp³-hybridized carbons (Fsp3) is 0.130. The number of aromatic amines is 1. The minimum atomic E-state index is -3.38. The number of benzene rings is 2. The average molecular weight is 401 g/mol. The van der Waals surface area contributed by atoms with E-state index in [0.717, 1.165) is 27.6 Å². The Bertz CT molecular complexity index is 1330. The number of fused-ring (bicyclic) bond motifs is 1. The third kappa shape index (κ3) is 3.78. The Labute approximate surface area is 169 Å². The van der Waals surface area contributed by atoms with Gasteiger partial charge in [0.25, 0.3) is 0 Å². The predicted octanol–water partition coefficient (Wildman–Crippen LogP) is 5.11. The van der Waals surface area contributed by atoms with Crippen LogP contribution in [0.2, 0.25) is 0 Å². The highest BCUT2D eigenvalue weighted by atomic mass is 32.2. The SMILES string of the molecule is [C-]#[N+]c1cccc(-c2ccnc3[nH]cc(CCS(=O)(=O)c4ccc(C)cc4)c23)c1. The van der Waals surface area contributed by atoms with Gasteiger partial charge in [0.05, 0.1) is 17.2 Å². The first kappa shape index (κ1) is 18.9. The maximum Gasteiger partial charge on any atom is 0.187 e. The van der Waals surface area contributed by atoms with Crippen LogP contribution in [0.15, 0.2) is 71.9 Å². The van der Waals surface area contributed by atoms with Gasteiger partial charge in [-0.3, -0.25) is 0 Å². The molecule has 0 saturated heterocycles. The van der Waals surface area contributed by atoms with Crippen molar-refractivity contribution >= 4 is 26.6 Å². The molecule has 0 aliphatic rings. The summed E-state index contributed by atoms with van der Waals surface area (Å²) in [6, 6.07) is 16.2. The van der Waals surface area contributed by atoms with E-state index in [4.69, 9.17) is 6.57 Å². The molecule has 0 amide bonds. The van der Waals surface area contributed by atoms with Crippen molar-refractivity contribution < 1.29 is 8.42 Å². The summed E-state index contributed by atoms with van der Waals surface area (Å²) in [4.78, 5) is 11.4. The minimum absolute atomic E-state index is 0.0133. The first-order chi connectivity index (χ1) is 14.0. The van der Waals surface area contributed by atoms with E-state index in [1.54, 1.807) is 24.4 Å². The van der Waals surface area contributed by atoms with E-state index in [-0.39, 0.29) is 5.75 Å². The molecule has 2 heterocycles. The van der Waals surface area contributed by atoms with Crippen LogP contribution in [0.1, 0.15) is 11.1 Å². The fourth-order valence-corrected chi connectivity index (χ4v) is 4.69. The number of nitrogens with one attached hydrogen (secondary N) is 1. The molecule has 2 aromatic heterocycles. The van der Waals surface area contributed by atoms with Crippen molar-refractivity contribution in [3.63, 3.8) is 0 Å². The van der Waals surface area contributed by atoms with Gasteiger partial charge in [0.1, 0.15) is 5.65 Å². The summed E-state index contributed by atoms with van der Waals surface area (Å²) in [7, 11) is -3.38. The topological polar surface area (TPSA) is 67.2 Å². The summed E-state index contributed by atoms with van der Waals surface area (Å²) >= 11 is 0. The van der Waals surface area contributed by atoms with Gasteiger partial charge in [-0.05, 0) is 54.3 Å². The Morgan fingerprint density at radius 2 is 1.90 bits per heavy atom. The molecule has 29 heavy (non-hydrogen) atoms. The van der Waals surface area contributed by atoms with Crippen LogP contribution in [0.25, 0.3) is 27.0 Å². The van der Waals surface area contributed by atoms with E-state index < -0.39 is 9.84 Å². The number of hydrogen-bond acceptors (Lipinski definition) is 3. The quantitative estimate of drug-likeness (QED) is 0.473. The minimum Gasteiger partial charge on any atom is -0.346 e. The van der Waals surface area contributed by atoms with Crippen LogP contribution >= 0.6 is 0 Å². The van der Waals surface area contributed by atoms with Gasteiger partial charge in [0.2, 0.25) is 0 Å². The highest BCUT2D eigenvalue weighted by Gasteiger charge is 2.17. The summed E-state index contributed by atoms with van der Waals surface area (Å²) in [5, 5.41) is 0.897.